The smallest absolute Gasteiger partial charge is 0.335 e. The summed E-state index contributed by atoms with van der Waals surface area (Å²) in [6.45, 7) is -0.584. The maximum absolute atomic E-state index is 11.0. The van der Waals surface area contributed by atoms with E-state index in [0.29, 0.717) is 0 Å². The Balaban J connectivity index is 1.98. The highest BCUT2D eigenvalue weighted by Crippen LogP contribution is 2.25. The first kappa shape index (κ1) is 19.4. The van der Waals surface area contributed by atoms with Crippen molar-refractivity contribution in [1.82, 2.24) is 0 Å². The zero-order valence-corrected chi connectivity index (χ0v) is 12.2. The molecule has 0 saturated carbocycles. The number of ether oxygens (including phenoxy) is 3. The van der Waals surface area contributed by atoms with Crippen LogP contribution in [-0.4, -0.2) is 115 Å². The number of carboxylic acid groups (broad SMARTS) is 1. The molecule has 8 N–H and O–H groups in total. The van der Waals surface area contributed by atoms with Gasteiger partial charge in [-0.3, -0.25) is 0 Å². The monoisotopic (exact) mass is 356 g/mol. The van der Waals surface area contributed by atoms with Crippen molar-refractivity contribution in [3.8, 4) is 0 Å². The lowest BCUT2D eigenvalue weighted by Crippen LogP contribution is -2.62. The van der Waals surface area contributed by atoms with Crippen LogP contribution in [0.4, 0.5) is 0 Å². The van der Waals surface area contributed by atoms with Crippen LogP contribution in [0.15, 0.2) is 0 Å². The fourth-order valence-electron chi connectivity index (χ4n) is 2.45. The van der Waals surface area contributed by atoms with Crippen LogP contribution >= 0.6 is 0 Å². The van der Waals surface area contributed by atoms with E-state index in [1.807, 2.05) is 0 Å². The Kier molecular flexibility index (Phi) is 6.09. The molecule has 0 amide bonds. The Hall–Kier alpha value is -0.930. The van der Waals surface area contributed by atoms with Gasteiger partial charge in [-0.15, -0.1) is 0 Å². The van der Waals surface area contributed by atoms with Crippen LogP contribution in [0.3, 0.4) is 0 Å². The maximum Gasteiger partial charge on any atom is 0.335 e. The summed E-state index contributed by atoms with van der Waals surface area (Å²) >= 11 is 0. The van der Waals surface area contributed by atoms with Crippen LogP contribution in [0.25, 0.3) is 0 Å². The van der Waals surface area contributed by atoms with E-state index >= 15 is 0 Å². The second-order valence-corrected chi connectivity index (χ2v) is 5.61. The van der Waals surface area contributed by atoms with Gasteiger partial charge in [0.2, 0.25) is 0 Å². The average Bonchev–Trinajstić information content (AvgIpc) is 2.54. The topological polar surface area (TPSA) is 207 Å². The number of carbonyl (C=O) groups is 1. The molecule has 24 heavy (non-hydrogen) atoms. The van der Waals surface area contributed by atoms with E-state index < -0.39 is 74.0 Å². The molecule has 2 fully saturated rings. The maximum atomic E-state index is 11.0. The van der Waals surface area contributed by atoms with Gasteiger partial charge in [-0.2, -0.15) is 0 Å². The lowest BCUT2D eigenvalue weighted by molar-refractivity contribution is -0.321. The quantitative estimate of drug-likeness (QED) is 0.238. The zero-order chi connectivity index (χ0) is 18.2. The van der Waals surface area contributed by atoms with E-state index in [1.165, 1.54) is 0 Å². The highest BCUT2D eigenvalue weighted by atomic mass is 16.7. The van der Waals surface area contributed by atoms with Crippen LogP contribution in [0.1, 0.15) is 0 Å². The van der Waals surface area contributed by atoms with Crippen LogP contribution < -0.4 is 0 Å². The van der Waals surface area contributed by atoms with Gasteiger partial charge in [-0.25, -0.2) is 4.79 Å². The van der Waals surface area contributed by atoms with Gasteiger partial charge in [-0.05, 0) is 0 Å². The van der Waals surface area contributed by atoms with Gasteiger partial charge in [0.05, 0.1) is 6.61 Å². The number of aliphatic hydroxyl groups excluding tert-OH is 7. The molecule has 0 aliphatic carbocycles. The molecule has 2 rings (SSSR count). The van der Waals surface area contributed by atoms with Gasteiger partial charge in [0.15, 0.2) is 18.7 Å². The van der Waals surface area contributed by atoms with Crippen molar-refractivity contribution in [3.63, 3.8) is 0 Å². The van der Waals surface area contributed by atoms with E-state index in [2.05, 4.69) is 0 Å². The molecule has 0 aromatic carbocycles. The Labute approximate surface area is 135 Å². The fraction of sp³-hybridized carbons (Fsp3) is 0.917. The molecule has 2 aliphatic rings. The second kappa shape index (κ2) is 7.53. The third kappa shape index (κ3) is 3.67. The van der Waals surface area contributed by atoms with Gasteiger partial charge >= 0.3 is 5.97 Å². The highest BCUT2D eigenvalue weighted by molar-refractivity contribution is 5.73. The molecule has 2 aliphatic heterocycles. The SMILES string of the molecule is O=C(O)[C@H]1O[C@@H](OC[C@H]2O[C@H](O)[C@H](O)[C@@H](O)[C@H]2O)[C@H](O)[C@@H](O)[C@@H]1O. The van der Waals surface area contributed by atoms with E-state index in [4.69, 9.17) is 19.3 Å². The molecule has 0 spiro atoms. The van der Waals surface area contributed by atoms with Gasteiger partial charge < -0.3 is 55.1 Å². The van der Waals surface area contributed by atoms with Crippen molar-refractivity contribution in [2.45, 2.75) is 61.4 Å². The average molecular weight is 356 g/mol. The lowest BCUT2D eigenvalue weighted by Gasteiger charge is -2.41. The zero-order valence-electron chi connectivity index (χ0n) is 12.2. The van der Waals surface area contributed by atoms with Gasteiger partial charge in [0.1, 0.15) is 42.7 Å². The number of hydrogen-bond acceptors (Lipinski definition) is 11. The standard InChI is InChI=1S/C12H20O12/c13-3-2(23-11(21)7(17)4(3)14)1-22-12-8(18)5(15)6(16)9(24-12)10(19)20/h2-9,11-18,21H,1H2,(H,19,20)/t2-,3+,4+,5+,6+,7-,8-,9+,11+,12-/m1/s1. The number of rotatable bonds is 4. The van der Waals surface area contributed by atoms with E-state index in [0.717, 1.165) is 0 Å². The summed E-state index contributed by atoms with van der Waals surface area (Å²) in [4.78, 5) is 11.0. The normalized spacial score (nSPS) is 49.8. The van der Waals surface area contributed by atoms with Crippen LogP contribution in [0.5, 0.6) is 0 Å². The molecule has 0 aromatic heterocycles. The molecule has 0 aromatic rings. The minimum Gasteiger partial charge on any atom is -0.479 e. The van der Waals surface area contributed by atoms with Gasteiger partial charge in [-0.1, -0.05) is 0 Å². The summed E-state index contributed by atoms with van der Waals surface area (Å²) in [5.74, 6) is -1.59. The van der Waals surface area contributed by atoms with Crippen molar-refractivity contribution in [3.05, 3.63) is 0 Å². The number of aliphatic hydroxyl groups is 7. The Morgan fingerprint density at radius 1 is 0.792 bits per heavy atom. The third-order valence-electron chi connectivity index (χ3n) is 3.92. The summed E-state index contributed by atoms with van der Waals surface area (Å²) in [7, 11) is 0. The summed E-state index contributed by atoms with van der Waals surface area (Å²) < 4.78 is 14.7. The first-order valence-corrected chi connectivity index (χ1v) is 7.07. The fourth-order valence-corrected chi connectivity index (χ4v) is 2.45. The first-order valence-electron chi connectivity index (χ1n) is 7.07. The molecular formula is C12H20O12. The van der Waals surface area contributed by atoms with Crippen molar-refractivity contribution < 1.29 is 59.9 Å². The molecule has 0 radical (unpaired) electrons. The summed E-state index contributed by atoms with van der Waals surface area (Å²) in [6.07, 6.45) is -17.3. The predicted octanol–water partition coefficient (Wildman–Crippen LogP) is -5.30. The Morgan fingerprint density at radius 2 is 1.38 bits per heavy atom. The molecule has 12 nitrogen and oxygen atoms in total. The number of hydrogen-bond donors (Lipinski definition) is 8. The van der Waals surface area contributed by atoms with Crippen LogP contribution in [-0.2, 0) is 19.0 Å². The van der Waals surface area contributed by atoms with E-state index in [9.17, 15) is 40.5 Å². The van der Waals surface area contributed by atoms with Gasteiger partial charge in [0.25, 0.3) is 0 Å². The minimum atomic E-state index is -1.88. The van der Waals surface area contributed by atoms with E-state index in [-0.39, 0.29) is 0 Å². The predicted molar refractivity (Wildman–Crippen MR) is 69.2 cm³/mol. The molecular weight excluding hydrogens is 336 g/mol. The molecule has 0 bridgehead atoms. The molecule has 2 heterocycles. The Bertz CT molecular complexity index is 446. The lowest BCUT2D eigenvalue weighted by atomic mass is 9.98. The molecule has 140 valence electrons. The molecule has 0 unspecified atom stereocenters. The second-order valence-electron chi connectivity index (χ2n) is 5.61. The largest absolute Gasteiger partial charge is 0.479 e. The third-order valence-corrected chi connectivity index (χ3v) is 3.92. The molecule has 10 atom stereocenters. The van der Waals surface area contributed by atoms with Crippen molar-refractivity contribution in [2.24, 2.45) is 0 Å². The number of carboxylic acids is 1. The van der Waals surface area contributed by atoms with Gasteiger partial charge in [0, 0.05) is 0 Å². The highest BCUT2D eigenvalue weighted by Gasteiger charge is 2.49. The van der Waals surface area contributed by atoms with Crippen LogP contribution in [0.2, 0.25) is 0 Å². The van der Waals surface area contributed by atoms with Crippen molar-refractivity contribution >= 4 is 5.97 Å². The first-order chi connectivity index (χ1) is 11.1. The Morgan fingerprint density at radius 3 is 1.96 bits per heavy atom. The summed E-state index contributed by atoms with van der Waals surface area (Å²) in [5, 5.41) is 75.8. The minimum absolute atomic E-state index is 0.584. The summed E-state index contributed by atoms with van der Waals surface area (Å²) in [5.41, 5.74) is 0. The molecule has 12 heteroatoms. The molecule has 2 saturated heterocycles. The summed E-state index contributed by atoms with van der Waals surface area (Å²) in [6, 6.07) is 0. The van der Waals surface area contributed by atoms with E-state index in [1.54, 1.807) is 0 Å². The van der Waals surface area contributed by atoms with Crippen molar-refractivity contribution in [1.29, 1.82) is 0 Å². The number of aliphatic carboxylic acids is 1. The van der Waals surface area contributed by atoms with Crippen LogP contribution in [0, 0.1) is 0 Å². The van der Waals surface area contributed by atoms with Crippen molar-refractivity contribution in [2.75, 3.05) is 6.61 Å².